The highest BCUT2D eigenvalue weighted by molar-refractivity contribution is 6.01. The van der Waals surface area contributed by atoms with Crippen molar-refractivity contribution in [1.82, 2.24) is 15.8 Å². The average Bonchev–Trinajstić information content (AvgIpc) is 2.42. The highest BCUT2D eigenvalue weighted by atomic mass is 16.2. The highest BCUT2D eigenvalue weighted by Gasteiger charge is 2.04. The van der Waals surface area contributed by atoms with Crippen LogP contribution in [0.2, 0.25) is 0 Å². The smallest absolute Gasteiger partial charge is 0.236 e. The van der Waals surface area contributed by atoms with Gasteiger partial charge in [0.1, 0.15) is 0 Å². The topological polar surface area (TPSA) is 95.8 Å². The van der Waals surface area contributed by atoms with Crippen molar-refractivity contribution in [2.24, 2.45) is 10.2 Å². The first kappa shape index (κ1) is 15.5. The number of nitrogens with zero attached hydrogens (tertiary/aromatic N) is 3. The van der Waals surface area contributed by atoms with Crippen LogP contribution in [0.4, 0.5) is 0 Å². The van der Waals surface area contributed by atoms with Gasteiger partial charge in [-0.1, -0.05) is 6.07 Å². The number of aromatic nitrogens is 1. The minimum absolute atomic E-state index is 0.246. The van der Waals surface area contributed by atoms with Gasteiger partial charge in [0, 0.05) is 13.8 Å². The number of hydrogen-bond donors (Lipinski definition) is 2. The summed E-state index contributed by atoms with van der Waals surface area (Å²) in [5, 5.41) is 7.83. The van der Waals surface area contributed by atoms with Crippen LogP contribution in [-0.2, 0) is 9.59 Å². The maximum Gasteiger partial charge on any atom is 0.236 e. The Kier molecular flexibility index (Phi) is 5.52. The third-order valence-electron chi connectivity index (χ3n) is 2.25. The van der Waals surface area contributed by atoms with Crippen LogP contribution in [-0.4, -0.2) is 28.2 Å². The zero-order valence-electron chi connectivity index (χ0n) is 11.9. The monoisotopic (exact) mass is 275 g/mol. The lowest BCUT2D eigenvalue weighted by Gasteiger charge is -2.04. The second-order valence-corrected chi connectivity index (χ2v) is 4.14. The lowest BCUT2D eigenvalue weighted by Crippen LogP contribution is -2.17. The van der Waals surface area contributed by atoms with Gasteiger partial charge in [-0.25, -0.2) is 15.8 Å². The second kappa shape index (κ2) is 7.13. The summed E-state index contributed by atoms with van der Waals surface area (Å²) >= 11 is 0. The van der Waals surface area contributed by atoms with Gasteiger partial charge >= 0.3 is 0 Å². The summed E-state index contributed by atoms with van der Waals surface area (Å²) in [5.74, 6) is -0.493. The second-order valence-electron chi connectivity index (χ2n) is 4.14. The summed E-state index contributed by atoms with van der Waals surface area (Å²) in [4.78, 5) is 26.0. The van der Waals surface area contributed by atoms with Gasteiger partial charge in [-0.3, -0.25) is 9.59 Å². The SMILES string of the molecule is CC(=O)NN=C(C)c1cccc(C(C)=NNC(C)=O)n1. The first-order chi connectivity index (χ1) is 9.40. The van der Waals surface area contributed by atoms with E-state index in [0.29, 0.717) is 22.8 Å². The molecule has 0 aliphatic rings. The maximum atomic E-state index is 10.8. The molecular weight excluding hydrogens is 258 g/mol. The number of amides is 2. The van der Waals surface area contributed by atoms with Crippen LogP contribution in [0.3, 0.4) is 0 Å². The van der Waals surface area contributed by atoms with Crippen LogP contribution in [0.1, 0.15) is 39.1 Å². The largest absolute Gasteiger partial charge is 0.274 e. The molecule has 7 nitrogen and oxygen atoms in total. The molecule has 0 aliphatic carbocycles. The molecule has 0 bridgehead atoms. The number of hydrazone groups is 2. The molecule has 1 aromatic heterocycles. The molecule has 1 heterocycles. The molecule has 20 heavy (non-hydrogen) atoms. The van der Waals surface area contributed by atoms with Crippen LogP contribution in [0.15, 0.2) is 28.4 Å². The van der Waals surface area contributed by atoms with Gasteiger partial charge in [0.15, 0.2) is 0 Å². The van der Waals surface area contributed by atoms with Crippen molar-refractivity contribution >= 4 is 23.2 Å². The molecule has 0 aromatic carbocycles. The molecule has 7 heteroatoms. The molecule has 1 aromatic rings. The predicted molar refractivity (Wildman–Crippen MR) is 76.3 cm³/mol. The number of carbonyl (C=O) groups excluding carboxylic acids is 2. The molecule has 0 saturated heterocycles. The lowest BCUT2D eigenvalue weighted by atomic mass is 10.2. The van der Waals surface area contributed by atoms with E-state index in [0.717, 1.165) is 0 Å². The summed E-state index contributed by atoms with van der Waals surface area (Å²) in [6.07, 6.45) is 0. The molecule has 0 spiro atoms. The Balaban J connectivity index is 2.95. The number of rotatable bonds is 4. The Bertz CT molecular complexity index is 531. The highest BCUT2D eigenvalue weighted by Crippen LogP contribution is 2.02. The van der Waals surface area contributed by atoms with E-state index in [1.165, 1.54) is 13.8 Å². The van der Waals surface area contributed by atoms with E-state index in [2.05, 4.69) is 26.0 Å². The van der Waals surface area contributed by atoms with E-state index in [4.69, 9.17) is 0 Å². The summed E-state index contributed by atoms with van der Waals surface area (Å²) in [6.45, 7) is 6.24. The van der Waals surface area contributed by atoms with E-state index >= 15 is 0 Å². The molecule has 0 fully saturated rings. The van der Waals surface area contributed by atoms with E-state index in [9.17, 15) is 9.59 Å². The van der Waals surface area contributed by atoms with Crippen molar-refractivity contribution in [2.45, 2.75) is 27.7 Å². The van der Waals surface area contributed by atoms with Crippen LogP contribution >= 0.6 is 0 Å². The lowest BCUT2D eigenvalue weighted by molar-refractivity contribution is -0.119. The van der Waals surface area contributed by atoms with Crippen LogP contribution in [0.25, 0.3) is 0 Å². The van der Waals surface area contributed by atoms with Crippen molar-refractivity contribution in [3.05, 3.63) is 29.6 Å². The summed E-state index contributed by atoms with van der Waals surface area (Å²) in [7, 11) is 0. The molecule has 1 rings (SSSR count). The summed E-state index contributed by atoms with van der Waals surface area (Å²) in [6, 6.07) is 5.35. The van der Waals surface area contributed by atoms with Crippen LogP contribution in [0, 0.1) is 0 Å². The standard InChI is InChI=1S/C13H17N5O2/c1-8(15-17-10(3)19)12-6-5-7-13(14-12)9(2)16-18-11(4)20/h5-7H,1-4H3,(H,17,19)(H,18,20). The Morgan fingerprint density at radius 1 is 0.900 bits per heavy atom. The van der Waals surface area contributed by atoms with Gasteiger partial charge in [0.2, 0.25) is 11.8 Å². The fourth-order valence-electron chi connectivity index (χ4n) is 1.28. The third kappa shape index (κ3) is 4.97. The van der Waals surface area contributed by atoms with Crippen molar-refractivity contribution in [3.8, 4) is 0 Å². The zero-order chi connectivity index (χ0) is 15.1. The normalized spacial score (nSPS) is 12.0. The van der Waals surface area contributed by atoms with E-state index in [1.807, 2.05) is 0 Å². The first-order valence-electron chi connectivity index (χ1n) is 5.99. The van der Waals surface area contributed by atoms with Crippen LogP contribution < -0.4 is 10.9 Å². The predicted octanol–water partition coefficient (Wildman–Crippen LogP) is 0.802. The van der Waals surface area contributed by atoms with Gasteiger partial charge < -0.3 is 0 Å². The number of hydrogen-bond acceptors (Lipinski definition) is 5. The van der Waals surface area contributed by atoms with Gasteiger partial charge in [0.05, 0.1) is 22.8 Å². The van der Waals surface area contributed by atoms with Gasteiger partial charge in [-0.05, 0) is 26.0 Å². The molecule has 0 saturated carbocycles. The minimum Gasteiger partial charge on any atom is -0.274 e. The molecule has 0 radical (unpaired) electrons. The van der Waals surface area contributed by atoms with Gasteiger partial charge in [0.25, 0.3) is 0 Å². The minimum atomic E-state index is -0.246. The zero-order valence-corrected chi connectivity index (χ0v) is 11.9. The van der Waals surface area contributed by atoms with Gasteiger partial charge in [-0.2, -0.15) is 10.2 Å². The summed E-state index contributed by atoms with van der Waals surface area (Å²) in [5.41, 5.74) is 7.10. The molecule has 2 N–H and O–H groups in total. The van der Waals surface area contributed by atoms with Crippen molar-refractivity contribution in [3.63, 3.8) is 0 Å². The summed E-state index contributed by atoms with van der Waals surface area (Å²) < 4.78 is 0. The number of pyridine rings is 1. The van der Waals surface area contributed by atoms with Crippen molar-refractivity contribution in [2.75, 3.05) is 0 Å². The van der Waals surface area contributed by atoms with E-state index in [1.54, 1.807) is 32.0 Å². The Morgan fingerprint density at radius 3 is 1.65 bits per heavy atom. The van der Waals surface area contributed by atoms with Gasteiger partial charge in [-0.15, -0.1) is 0 Å². The molecule has 106 valence electrons. The fraction of sp³-hybridized carbons (Fsp3) is 0.308. The van der Waals surface area contributed by atoms with E-state index in [-0.39, 0.29) is 11.8 Å². The molecule has 0 unspecified atom stereocenters. The van der Waals surface area contributed by atoms with Crippen LogP contribution in [0.5, 0.6) is 0 Å². The maximum absolute atomic E-state index is 10.8. The molecule has 0 aliphatic heterocycles. The molecule has 0 atom stereocenters. The number of carbonyl (C=O) groups is 2. The third-order valence-corrected chi connectivity index (χ3v) is 2.25. The fourth-order valence-corrected chi connectivity index (χ4v) is 1.28. The average molecular weight is 275 g/mol. The molecular formula is C13H17N5O2. The Morgan fingerprint density at radius 2 is 1.30 bits per heavy atom. The van der Waals surface area contributed by atoms with Crippen molar-refractivity contribution in [1.29, 1.82) is 0 Å². The molecule has 2 amide bonds. The quantitative estimate of drug-likeness (QED) is 0.628. The Labute approximate surface area is 117 Å². The first-order valence-corrected chi connectivity index (χ1v) is 5.99. The van der Waals surface area contributed by atoms with Crippen molar-refractivity contribution < 1.29 is 9.59 Å². The number of nitrogens with one attached hydrogen (secondary N) is 2. The Hall–Kier alpha value is -2.57. The van der Waals surface area contributed by atoms with E-state index < -0.39 is 0 Å².